The molecule has 0 spiro atoms. The van der Waals surface area contributed by atoms with Crippen LogP contribution in [0.4, 0.5) is 4.79 Å². The first-order chi connectivity index (χ1) is 20.8. The molecule has 0 heterocycles. The summed E-state index contributed by atoms with van der Waals surface area (Å²) in [5, 5.41) is 2.81. The van der Waals surface area contributed by atoms with Crippen molar-refractivity contribution in [2.45, 2.75) is 30.6 Å². The van der Waals surface area contributed by atoms with Gasteiger partial charge in [-0.15, -0.1) is 0 Å². The quantitative estimate of drug-likeness (QED) is 0.155. The lowest BCUT2D eigenvalue weighted by molar-refractivity contribution is -0.144. The van der Waals surface area contributed by atoms with Gasteiger partial charge in [0.2, 0.25) is 0 Å². The Morgan fingerprint density at radius 2 is 1.40 bits per heavy atom. The molecule has 9 heteroatoms. The molecule has 8 nitrogen and oxygen atoms in total. The van der Waals surface area contributed by atoms with Crippen molar-refractivity contribution in [3.8, 4) is 16.9 Å². The zero-order valence-corrected chi connectivity index (χ0v) is 24.6. The van der Waals surface area contributed by atoms with Crippen LogP contribution in [0, 0.1) is 5.92 Å². The smallest absolute Gasteiger partial charge is 0.407 e. The number of rotatable bonds is 12. The van der Waals surface area contributed by atoms with E-state index in [1.807, 2.05) is 24.3 Å². The van der Waals surface area contributed by atoms with Crippen molar-refractivity contribution in [1.29, 1.82) is 0 Å². The first kappa shape index (κ1) is 29.8. The number of esters is 1. The fourth-order valence-electron chi connectivity index (χ4n) is 5.33. The van der Waals surface area contributed by atoms with Crippen molar-refractivity contribution in [2.75, 3.05) is 19.8 Å². The van der Waals surface area contributed by atoms with Crippen LogP contribution >= 0.6 is 0 Å². The second kappa shape index (κ2) is 13.6. The van der Waals surface area contributed by atoms with Gasteiger partial charge in [-0.05, 0) is 71.3 Å². The molecule has 1 N–H and O–H groups in total. The Hall–Kier alpha value is -4.63. The molecule has 1 aliphatic carbocycles. The molecule has 4 aromatic rings. The minimum atomic E-state index is -3.96. The number of hydrogen-bond acceptors (Lipinski definition) is 7. The molecule has 0 fully saturated rings. The first-order valence-corrected chi connectivity index (χ1v) is 15.6. The summed E-state index contributed by atoms with van der Waals surface area (Å²) in [7, 11) is -3.96. The number of carbonyl (C=O) groups is 2. The molecule has 0 saturated heterocycles. The molecular formula is C34H33NO7S. The van der Waals surface area contributed by atoms with Gasteiger partial charge in [0.15, 0.2) is 0 Å². The van der Waals surface area contributed by atoms with Crippen molar-refractivity contribution in [3.63, 3.8) is 0 Å². The zero-order valence-electron chi connectivity index (χ0n) is 23.8. The van der Waals surface area contributed by atoms with Crippen LogP contribution in [0.15, 0.2) is 108 Å². The van der Waals surface area contributed by atoms with Crippen LogP contribution in [0.2, 0.25) is 0 Å². The Balaban J connectivity index is 1.19. The molecule has 222 valence electrons. The van der Waals surface area contributed by atoms with E-state index in [2.05, 4.69) is 29.6 Å². The Labute approximate surface area is 251 Å². The van der Waals surface area contributed by atoms with Gasteiger partial charge in [0.05, 0.1) is 13.0 Å². The van der Waals surface area contributed by atoms with Crippen LogP contribution in [-0.4, -0.2) is 40.2 Å². The number of nitrogens with one attached hydrogen (secondary N) is 1. The fraction of sp³-hybridized carbons (Fsp3) is 0.235. The molecular weight excluding hydrogens is 566 g/mol. The SMILES string of the molecule is CCOC(=O)CC(CNC(=O)OCC1c2ccccc2-c2ccccc21)Cc1ccc(OS(=O)(=O)c2ccccc2)cc1. The van der Waals surface area contributed by atoms with Crippen molar-refractivity contribution in [3.05, 3.63) is 120 Å². The summed E-state index contributed by atoms with van der Waals surface area (Å²) >= 11 is 0. The van der Waals surface area contributed by atoms with Crippen molar-refractivity contribution in [2.24, 2.45) is 5.92 Å². The number of benzene rings is 4. The fourth-order valence-corrected chi connectivity index (χ4v) is 6.28. The number of fused-ring (bicyclic) bond motifs is 3. The van der Waals surface area contributed by atoms with Crippen LogP contribution in [-0.2, 0) is 30.8 Å². The molecule has 0 radical (unpaired) electrons. The van der Waals surface area contributed by atoms with Gasteiger partial charge in [0.25, 0.3) is 0 Å². The van der Waals surface area contributed by atoms with Crippen molar-refractivity contribution in [1.82, 2.24) is 5.32 Å². The van der Waals surface area contributed by atoms with E-state index in [1.54, 1.807) is 49.4 Å². The Morgan fingerprint density at radius 1 is 0.791 bits per heavy atom. The number of amides is 1. The summed E-state index contributed by atoms with van der Waals surface area (Å²) in [4.78, 5) is 25.1. The zero-order chi connectivity index (χ0) is 30.2. The Kier molecular flexibility index (Phi) is 9.41. The normalized spacial score (nSPS) is 13.0. The molecule has 0 aromatic heterocycles. The minimum absolute atomic E-state index is 0.0556. The van der Waals surface area contributed by atoms with Gasteiger partial charge in [-0.25, -0.2) is 4.79 Å². The predicted molar refractivity (Wildman–Crippen MR) is 162 cm³/mol. The van der Waals surface area contributed by atoms with E-state index in [-0.39, 0.29) is 54.6 Å². The standard InChI is InChI=1S/C34H33NO7S/c1-2-40-33(36)21-25(20-24-16-18-26(19-17-24)42-43(38,39)27-10-4-3-5-11-27)22-35-34(37)41-23-32-30-14-8-6-12-28(30)29-13-7-9-15-31(29)32/h3-19,25,32H,2,20-23H2,1H3,(H,35,37). The predicted octanol–water partition coefficient (Wildman–Crippen LogP) is 6.10. The molecule has 1 amide bonds. The maximum Gasteiger partial charge on any atom is 0.407 e. The maximum atomic E-state index is 12.8. The lowest BCUT2D eigenvalue weighted by atomic mass is 9.96. The van der Waals surface area contributed by atoms with Gasteiger partial charge in [-0.2, -0.15) is 8.42 Å². The third-order valence-electron chi connectivity index (χ3n) is 7.32. The molecule has 43 heavy (non-hydrogen) atoms. The molecule has 4 aromatic carbocycles. The summed E-state index contributed by atoms with van der Waals surface area (Å²) in [6.07, 6.45) is -0.0302. The molecule has 1 aliphatic rings. The molecule has 1 atom stereocenters. The molecule has 0 aliphatic heterocycles. The molecule has 1 unspecified atom stereocenters. The highest BCUT2D eigenvalue weighted by molar-refractivity contribution is 7.87. The minimum Gasteiger partial charge on any atom is -0.466 e. The summed E-state index contributed by atoms with van der Waals surface area (Å²) < 4.78 is 41.1. The second-order valence-electron chi connectivity index (χ2n) is 10.3. The molecule has 5 rings (SSSR count). The highest BCUT2D eigenvalue weighted by Gasteiger charge is 2.29. The van der Waals surface area contributed by atoms with Crippen LogP contribution in [0.25, 0.3) is 11.1 Å². The van der Waals surface area contributed by atoms with E-state index in [9.17, 15) is 18.0 Å². The lowest BCUT2D eigenvalue weighted by Gasteiger charge is -2.18. The van der Waals surface area contributed by atoms with Crippen LogP contribution in [0.1, 0.15) is 36.0 Å². The third kappa shape index (κ3) is 7.42. The van der Waals surface area contributed by atoms with E-state index in [0.29, 0.717) is 6.42 Å². The Bertz CT molecular complexity index is 1630. The summed E-state index contributed by atoms with van der Waals surface area (Å²) in [5.41, 5.74) is 5.39. The number of carbonyl (C=O) groups excluding carboxylic acids is 2. The summed E-state index contributed by atoms with van der Waals surface area (Å²) in [5.74, 6) is -0.527. The maximum absolute atomic E-state index is 12.8. The lowest BCUT2D eigenvalue weighted by Crippen LogP contribution is -2.33. The van der Waals surface area contributed by atoms with E-state index in [1.165, 1.54) is 12.1 Å². The average Bonchev–Trinajstić information content (AvgIpc) is 3.34. The highest BCUT2D eigenvalue weighted by Crippen LogP contribution is 2.44. The van der Waals surface area contributed by atoms with Crippen LogP contribution in [0.5, 0.6) is 5.75 Å². The summed E-state index contributed by atoms with van der Waals surface area (Å²) in [6, 6.07) is 30.8. The summed E-state index contributed by atoms with van der Waals surface area (Å²) in [6.45, 7) is 2.38. The van der Waals surface area contributed by atoms with Crippen molar-refractivity contribution >= 4 is 22.2 Å². The van der Waals surface area contributed by atoms with Gasteiger partial charge >= 0.3 is 22.2 Å². The van der Waals surface area contributed by atoms with E-state index in [4.69, 9.17) is 13.7 Å². The van der Waals surface area contributed by atoms with E-state index >= 15 is 0 Å². The van der Waals surface area contributed by atoms with Crippen molar-refractivity contribution < 1.29 is 31.7 Å². The first-order valence-electron chi connectivity index (χ1n) is 14.2. The molecule has 0 bridgehead atoms. The number of hydrogen-bond donors (Lipinski definition) is 1. The van der Waals surface area contributed by atoms with E-state index in [0.717, 1.165) is 27.8 Å². The van der Waals surface area contributed by atoms with Gasteiger partial charge in [0, 0.05) is 12.5 Å². The molecule has 0 saturated carbocycles. The van der Waals surface area contributed by atoms with Gasteiger partial charge in [-0.1, -0.05) is 78.9 Å². The van der Waals surface area contributed by atoms with Gasteiger partial charge in [0.1, 0.15) is 17.3 Å². The third-order valence-corrected chi connectivity index (χ3v) is 8.59. The average molecular weight is 600 g/mol. The second-order valence-corrected chi connectivity index (χ2v) is 11.8. The Morgan fingerprint density at radius 3 is 2.02 bits per heavy atom. The highest BCUT2D eigenvalue weighted by atomic mass is 32.2. The van der Waals surface area contributed by atoms with Crippen LogP contribution in [0.3, 0.4) is 0 Å². The van der Waals surface area contributed by atoms with Gasteiger partial charge in [-0.3, -0.25) is 4.79 Å². The van der Waals surface area contributed by atoms with Crippen LogP contribution < -0.4 is 9.50 Å². The topological polar surface area (TPSA) is 108 Å². The number of alkyl carbamates (subject to hydrolysis) is 1. The largest absolute Gasteiger partial charge is 0.466 e. The van der Waals surface area contributed by atoms with Gasteiger partial charge < -0.3 is 19.0 Å². The van der Waals surface area contributed by atoms with E-state index < -0.39 is 16.2 Å². The monoisotopic (exact) mass is 599 g/mol. The number of ether oxygens (including phenoxy) is 2.